The van der Waals surface area contributed by atoms with Gasteiger partial charge in [0.05, 0.1) is 5.02 Å². The van der Waals surface area contributed by atoms with Gasteiger partial charge in [0.2, 0.25) is 17.7 Å². The van der Waals surface area contributed by atoms with E-state index in [1.165, 1.54) is 48.2 Å². The van der Waals surface area contributed by atoms with E-state index in [-0.39, 0.29) is 41.3 Å². The second-order valence-corrected chi connectivity index (χ2v) is 8.47. The van der Waals surface area contributed by atoms with Crippen LogP contribution < -0.4 is 15.4 Å². The molecule has 2 aromatic rings. The Morgan fingerprint density at radius 2 is 1.86 bits per heavy atom. The molecule has 1 atom stereocenters. The molecule has 1 saturated heterocycles. The molecule has 0 saturated carbocycles. The van der Waals surface area contributed by atoms with E-state index >= 15 is 0 Å². The third kappa shape index (κ3) is 7.35. The van der Waals surface area contributed by atoms with Crippen molar-refractivity contribution in [2.75, 3.05) is 18.4 Å². The van der Waals surface area contributed by atoms with Crippen LogP contribution in [0.2, 0.25) is 5.02 Å². The number of carbonyl (C=O) groups is 3. The van der Waals surface area contributed by atoms with Crippen LogP contribution >= 0.6 is 11.6 Å². The molecule has 3 amide bonds. The Hall–Kier alpha value is -3.27. The van der Waals surface area contributed by atoms with Crippen molar-refractivity contribution in [1.29, 1.82) is 0 Å². The summed E-state index contributed by atoms with van der Waals surface area (Å²) < 4.78 is 42.4. The molecule has 1 unspecified atom stereocenters. The van der Waals surface area contributed by atoms with Gasteiger partial charge in [-0.15, -0.1) is 13.2 Å². The van der Waals surface area contributed by atoms with E-state index in [0.717, 1.165) is 12.8 Å². The highest BCUT2D eigenvalue weighted by atomic mass is 35.5. The molecule has 0 spiro atoms. The van der Waals surface area contributed by atoms with Crippen molar-refractivity contribution < 1.29 is 32.3 Å². The average Bonchev–Trinajstić information content (AvgIpc) is 2.78. The van der Waals surface area contributed by atoms with Crippen LogP contribution in [0.25, 0.3) is 11.1 Å². The van der Waals surface area contributed by atoms with E-state index in [9.17, 15) is 27.6 Å². The molecule has 2 N–H and O–H groups in total. The van der Waals surface area contributed by atoms with Crippen molar-refractivity contribution in [2.45, 2.75) is 45.0 Å². The van der Waals surface area contributed by atoms with Gasteiger partial charge in [0.25, 0.3) is 0 Å². The zero-order valence-electron chi connectivity index (χ0n) is 19.0. The van der Waals surface area contributed by atoms with Crippen LogP contribution in [0.4, 0.5) is 18.9 Å². The number of ether oxygens (including phenoxy) is 1. The maximum Gasteiger partial charge on any atom is 0.573 e. The van der Waals surface area contributed by atoms with Gasteiger partial charge in [0, 0.05) is 43.2 Å². The number of nitrogens with zero attached hydrogens (tertiary/aromatic N) is 1. The van der Waals surface area contributed by atoms with Gasteiger partial charge in [0.1, 0.15) is 11.8 Å². The predicted molar refractivity (Wildman–Crippen MR) is 125 cm³/mol. The number of benzene rings is 2. The van der Waals surface area contributed by atoms with E-state index in [4.69, 9.17) is 11.6 Å². The van der Waals surface area contributed by atoms with E-state index in [1.54, 1.807) is 6.07 Å². The lowest BCUT2D eigenvalue weighted by atomic mass is 10.0. The van der Waals surface area contributed by atoms with Gasteiger partial charge in [-0.25, -0.2) is 0 Å². The molecule has 0 aromatic heterocycles. The zero-order valence-corrected chi connectivity index (χ0v) is 19.7. The zero-order chi connectivity index (χ0) is 25.6. The lowest BCUT2D eigenvalue weighted by molar-refractivity contribution is -0.274. The Bertz CT molecular complexity index is 1090. The summed E-state index contributed by atoms with van der Waals surface area (Å²) in [5.74, 6) is -1.25. The number of para-hydroxylation sites is 1. The molecule has 188 valence electrons. The van der Waals surface area contributed by atoms with Crippen LogP contribution in [-0.2, 0) is 14.4 Å². The average molecular weight is 512 g/mol. The number of hydrogen-bond acceptors (Lipinski definition) is 4. The van der Waals surface area contributed by atoms with Crippen molar-refractivity contribution in [1.82, 2.24) is 10.2 Å². The van der Waals surface area contributed by atoms with E-state index in [1.807, 2.05) is 0 Å². The summed E-state index contributed by atoms with van der Waals surface area (Å²) >= 11 is 6.35. The fourth-order valence-electron chi connectivity index (χ4n) is 3.93. The van der Waals surface area contributed by atoms with Crippen molar-refractivity contribution >= 4 is 35.0 Å². The molecule has 1 aliphatic heterocycles. The Labute approximate surface area is 205 Å². The molecule has 3 rings (SSSR count). The highest BCUT2D eigenvalue weighted by Gasteiger charge is 2.33. The summed E-state index contributed by atoms with van der Waals surface area (Å²) in [5.41, 5.74) is 0.794. The summed E-state index contributed by atoms with van der Waals surface area (Å²) in [6, 6.07) is 9.40. The number of alkyl halides is 3. The number of rotatable bonds is 7. The third-order valence-corrected chi connectivity index (χ3v) is 5.79. The molecular weight excluding hydrogens is 487 g/mol. The summed E-state index contributed by atoms with van der Waals surface area (Å²) in [6.07, 6.45) is -2.73. The smallest absolute Gasteiger partial charge is 0.405 e. The van der Waals surface area contributed by atoms with Gasteiger partial charge in [-0.1, -0.05) is 35.9 Å². The third-order valence-electron chi connectivity index (χ3n) is 5.48. The molecule has 7 nitrogen and oxygen atoms in total. The first kappa shape index (κ1) is 26.3. The first-order chi connectivity index (χ1) is 16.5. The maximum atomic E-state index is 13.0. The van der Waals surface area contributed by atoms with Crippen LogP contribution in [0.5, 0.6) is 5.75 Å². The topological polar surface area (TPSA) is 87.7 Å². The van der Waals surface area contributed by atoms with Gasteiger partial charge in [-0.3, -0.25) is 14.4 Å². The second-order valence-electron chi connectivity index (χ2n) is 8.06. The number of carbonyl (C=O) groups excluding carboxylic acids is 3. The van der Waals surface area contributed by atoms with Crippen LogP contribution in [0, 0.1) is 0 Å². The standard InChI is InChI=1S/C24H25ClF3N3O4/c1-15(32)29-12-11-22(33)31-13-5-4-7-20(31)23(34)30-16-9-10-17(19(25)14-16)18-6-2-3-8-21(18)35-24(26,27)28/h2-3,6,8-10,14,20H,4-5,7,11-13H2,1H3,(H,29,32)(H,30,34). The number of halogens is 4. The molecule has 11 heteroatoms. The quantitative estimate of drug-likeness (QED) is 0.561. The molecule has 2 aromatic carbocycles. The molecule has 0 bridgehead atoms. The van der Waals surface area contributed by atoms with Crippen LogP contribution in [0.15, 0.2) is 42.5 Å². The largest absolute Gasteiger partial charge is 0.573 e. The Morgan fingerprint density at radius 3 is 2.54 bits per heavy atom. The van der Waals surface area contributed by atoms with Gasteiger partial charge < -0.3 is 20.3 Å². The van der Waals surface area contributed by atoms with E-state index < -0.39 is 18.2 Å². The van der Waals surface area contributed by atoms with E-state index in [2.05, 4.69) is 15.4 Å². The number of piperidine rings is 1. The molecule has 1 fully saturated rings. The highest BCUT2D eigenvalue weighted by molar-refractivity contribution is 6.33. The van der Waals surface area contributed by atoms with E-state index in [0.29, 0.717) is 24.2 Å². The van der Waals surface area contributed by atoms with Crippen LogP contribution in [0.1, 0.15) is 32.6 Å². The molecule has 1 heterocycles. The molecular formula is C24H25ClF3N3O4. The van der Waals surface area contributed by atoms with Gasteiger partial charge >= 0.3 is 6.36 Å². The molecule has 35 heavy (non-hydrogen) atoms. The van der Waals surface area contributed by atoms with Crippen molar-refractivity contribution in [3.63, 3.8) is 0 Å². The number of likely N-dealkylation sites (tertiary alicyclic amines) is 1. The summed E-state index contributed by atoms with van der Waals surface area (Å²) in [4.78, 5) is 38.1. The first-order valence-electron chi connectivity index (χ1n) is 11.0. The highest BCUT2D eigenvalue weighted by Crippen LogP contribution is 2.38. The molecule has 1 aliphatic rings. The SMILES string of the molecule is CC(=O)NCCC(=O)N1CCCCC1C(=O)Nc1ccc(-c2ccccc2OC(F)(F)F)c(Cl)c1. The van der Waals surface area contributed by atoms with Gasteiger partial charge in [0.15, 0.2) is 0 Å². The number of hydrogen-bond donors (Lipinski definition) is 2. The van der Waals surface area contributed by atoms with Crippen molar-refractivity contribution in [3.8, 4) is 16.9 Å². The maximum absolute atomic E-state index is 13.0. The Morgan fingerprint density at radius 1 is 1.11 bits per heavy atom. The van der Waals surface area contributed by atoms with Gasteiger partial charge in [-0.05, 0) is 37.5 Å². The first-order valence-corrected chi connectivity index (χ1v) is 11.4. The number of nitrogens with one attached hydrogen (secondary N) is 2. The lowest BCUT2D eigenvalue weighted by Gasteiger charge is -2.34. The fourth-order valence-corrected chi connectivity index (χ4v) is 4.21. The minimum Gasteiger partial charge on any atom is -0.405 e. The monoisotopic (exact) mass is 511 g/mol. The van der Waals surface area contributed by atoms with Crippen molar-refractivity contribution in [2.24, 2.45) is 0 Å². The molecule has 0 radical (unpaired) electrons. The van der Waals surface area contributed by atoms with Crippen LogP contribution in [0.3, 0.4) is 0 Å². The van der Waals surface area contributed by atoms with Gasteiger partial charge in [-0.2, -0.15) is 0 Å². The second kappa shape index (κ2) is 11.4. The number of anilines is 1. The normalized spacial score (nSPS) is 15.9. The predicted octanol–water partition coefficient (Wildman–Crippen LogP) is 4.75. The summed E-state index contributed by atoms with van der Waals surface area (Å²) in [6.45, 7) is 1.99. The molecule has 0 aliphatic carbocycles. The fraction of sp³-hybridized carbons (Fsp3) is 0.375. The lowest BCUT2D eigenvalue weighted by Crippen LogP contribution is -2.50. The minimum absolute atomic E-state index is 0.0866. The number of amides is 3. The van der Waals surface area contributed by atoms with Crippen molar-refractivity contribution in [3.05, 3.63) is 47.5 Å². The Kier molecular flexibility index (Phi) is 8.61. The summed E-state index contributed by atoms with van der Waals surface area (Å²) in [7, 11) is 0. The Balaban J connectivity index is 1.73. The minimum atomic E-state index is -4.86. The van der Waals surface area contributed by atoms with Crippen LogP contribution in [-0.4, -0.2) is 48.1 Å². The summed E-state index contributed by atoms with van der Waals surface area (Å²) in [5, 5.41) is 5.43.